The molecule has 7 heteroatoms. The van der Waals surface area contributed by atoms with Crippen molar-refractivity contribution in [1.82, 2.24) is 4.90 Å². The van der Waals surface area contributed by atoms with Crippen LogP contribution in [0, 0.1) is 5.92 Å². The molecule has 0 spiro atoms. The highest BCUT2D eigenvalue weighted by Crippen LogP contribution is 2.18. The second-order valence-electron chi connectivity index (χ2n) is 4.49. The molecule has 0 aromatic rings. The summed E-state index contributed by atoms with van der Waals surface area (Å²) in [6, 6.07) is 0. The average molecular weight is 263 g/mol. The molecule has 1 amide bonds. The number of carbonyl (C=O) groups excluding carboxylic acids is 1. The number of hydrogen-bond acceptors (Lipinski definition) is 4. The first kappa shape index (κ1) is 14.0. The van der Waals surface area contributed by atoms with E-state index in [1.54, 1.807) is 13.8 Å². The highest BCUT2D eigenvalue weighted by Gasteiger charge is 2.34. The molecule has 1 atom stereocenters. The number of aliphatic carboxylic acids is 1. The fraction of sp³-hybridized carbons (Fsp3) is 0.800. The smallest absolute Gasteiger partial charge is 0.308 e. The van der Waals surface area contributed by atoms with Gasteiger partial charge in [0.15, 0.2) is 9.84 Å². The van der Waals surface area contributed by atoms with E-state index in [-0.39, 0.29) is 31.2 Å². The minimum absolute atomic E-state index is 0.0307. The van der Waals surface area contributed by atoms with Crippen LogP contribution in [0.1, 0.15) is 20.3 Å². The van der Waals surface area contributed by atoms with Crippen molar-refractivity contribution in [1.29, 1.82) is 0 Å². The molecule has 0 radical (unpaired) electrons. The van der Waals surface area contributed by atoms with Crippen molar-refractivity contribution in [2.75, 3.05) is 18.8 Å². The minimum Gasteiger partial charge on any atom is -0.481 e. The van der Waals surface area contributed by atoms with Gasteiger partial charge in [0.2, 0.25) is 5.91 Å². The Morgan fingerprint density at radius 1 is 1.53 bits per heavy atom. The van der Waals surface area contributed by atoms with Gasteiger partial charge in [0.1, 0.15) is 0 Å². The maximum atomic E-state index is 11.6. The van der Waals surface area contributed by atoms with E-state index in [1.165, 1.54) is 4.90 Å². The van der Waals surface area contributed by atoms with E-state index < -0.39 is 27.0 Å². The normalized spacial score (nSPS) is 21.2. The molecule has 1 aliphatic rings. The van der Waals surface area contributed by atoms with Gasteiger partial charge in [-0.3, -0.25) is 9.59 Å². The number of sulfone groups is 1. The van der Waals surface area contributed by atoms with Crippen LogP contribution in [-0.2, 0) is 19.4 Å². The molecular weight excluding hydrogens is 246 g/mol. The van der Waals surface area contributed by atoms with Crippen LogP contribution < -0.4 is 0 Å². The van der Waals surface area contributed by atoms with Gasteiger partial charge in [0, 0.05) is 19.5 Å². The number of rotatable bonds is 5. The lowest BCUT2D eigenvalue weighted by Crippen LogP contribution is -2.33. The van der Waals surface area contributed by atoms with Crippen molar-refractivity contribution in [2.45, 2.75) is 25.5 Å². The Morgan fingerprint density at radius 2 is 2.12 bits per heavy atom. The fourth-order valence-electron chi connectivity index (χ4n) is 1.63. The Morgan fingerprint density at radius 3 is 2.53 bits per heavy atom. The Balaban J connectivity index is 2.55. The van der Waals surface area contributed by atoms with Crippen molar-refractivity contribution in [3.8, 4) is 0 Å². The van der Waals surface area contributed by atoms with Crippen molar-refractivity contribution in [2.24, 2.45) is 5.92 Å². The number of amides is 1. The summed E-state index contributed by atoms with van der Waals surface area (Å²) in [5.74, 6) is -2.10. The van der Waals surface area contributed by atoms with Gasteiger partial charge in [-0.2, -0.15) is 0 Å². The Hall–Kier alpha value is -1.11. The molecule has 0 saturated carbocycles. The van der Waals surface area contributed by atoms with Gasteiger partial charge in [0.25, 0.3) is 0 Å². The number of carbonyl (C=O) groups is 2. The molecular formula is C10H17NO5S. The Labute approximate surface area is 101 Å². The molecule has 1 rings (SSSR count). The van der Waals surface area contributed by atoms with Gasteiger partial charge in [-0.15, -0.1) is 0 Å². The third kappa shape index (κ3) is 3.42. The monoisotopic (exact) mass is 263 g/mol. The highest BCUT2D eigenvalue weighted by molar-refractivity contribution is 7.92. The maximum Gasteiger partial charge on any atom is 0.308 e. The molecule has 98 valence electrons. The van der Waals surface area contributed by atoms with E-state index in [9.17, 15) is 18.0 Å². The third-order valence-electron chi connectivity index (χ3n) is 2.93. The first-order valence-corrected chi connectivity index (χ1v) is 7.17. The molecule has 0 aliphatic carbocycles. The quantitative estimate of drug-likeness (QED) is 0.738. The standard InChI is InChI=1S/C10H17NO5S/c1-7(2)17(15,16)4-3-11-6-8(10(13)14)5-9(11)12/h7-8H,3-6H2,1-2H3,(H,13,14). The summed E-state index contributed by atoms with van der Waals surface area (Å²) in [5, 5.41) is 8.29. The zero-order chi connectivity index (χ0) is 13.2. The molecule has 0 aromatic carbocycles. The van der Waals surface area contributed by atoms with Gasteiger partial charge in [0.05, 0.1) is 16.9 Å². The number of carboxylic acid groups (broad SMARTS) is 1. The van der Waals surface area contributed by atoms with Crippen LogP contribution >= 0.6 is 0 Å². The van der Waals surface area contributed by atoms with Crippen molar-refractivity contribution >= 4 is 21.7 Å². The molecule has 0 aromatic heterocycles. The Kier molecular flexibility index (Phi) is 4.13. The minimum atomic E-state index is -3.19. The second kappa shape index (κ2) is 5.03. The summed E-state index contributed by atoms with van der Waals surface area (Å²) >= 11 is 0. The van der Waals surface area contributed by atoms with Gasteiger partial charge >= 0.3 is 5.97 Å². The highest BCUT2D eigenvalue weighted by atomic mass is 32.2. The summed E-state index contributed by atoms with van der Waals surface area (Å²) < 4.78 is 23.1. The molecule has 0 bridgehead atoms. The molecule has 1 fully saturated rings. The van der Waals surface area contributed by atoms with Crippen molar-refractivity contribution < 1.29 is 23.1 Å². The SMILES string of the molecule is CC(C)S(=O)(=O)CCN1CC(C(=O)O)CC1=O. The van der Waals surface area contributed by atoms with Crippen LogP contribution in [0.5, 0.6) is 0 Å². The van der Waals surface area contributed by atoms with Gasteiger partial charge < -0.3 is 10.0 Å². The number of likely N-dealkylation sites (tertiary alicyclic amines) is 1. The largest absolute Gasteiger partial charge is 0.481 e. The van der Waals surface area contributed by atoms with Crippen molar-refractivity contribution in [3.05, 3.63) is 0 Å². The topological polar surface area (TPSA) is 91.8 Å². The summed E-state index contributed by atoms with van der Waals surface area (Å²) in [5.41, 5.74) is 0. The molecule has 17 heavy (non-hydrogen) atoms. The lowest BCUT2D eigenvalue weighted by atomic mass is 10.1. The van der Waals surface area contributed by atoms with Gasteiger partial charge in [-0.1, -0.05) is 0 Å². The van der Waals surface area contributed by atoms with Crippen LogP contribution in [0.15, 0.2) is 0 Å². The molecule has 1 heterocycles. The molecule has 1 saturated heterocycles. The van der Waals surface area contributed by atoms with Crippen LogP contribution in [0.4, 0.5) is 0 Å². The lowest BCUT2D eigenvalue weighted by Gasteiger charge is -2.16. The fourth-order valence-corrected chi connectivity index (χ4v) is 2.57. The summed E-state index contributed by atoms with van der Waals surface area (Å²) in [6.45, 7) is 3.37. The van der Waals surface area contributed by atoms with E-state index in [4.69, 9.17) is 5.11 Å². The molecule has 1 N–H and O–H groups in total. The third-order valence-corrected chi connectivity index (χ3v) is 5.12. The Bertz CT molecular complexity index is 414. The van der Waals surface area contributed by atoms with E-state index in [2.05, 4.69) is 0 Å². The number of nitrogens with zero attached hydrogens (tertiary/aromatic N) is 1. The molecule has 6 nitrogen and oxygen atoms in total. The van der Waals surface area contributed by atoms with Crippen LogP contribution in [0.2, 0.25) is 0 Å². The van der Waals surface area contributed by atoms with Crippen LogP contribution in [-0.4, -0.2) is 54.4 Å². The summed E-state index contributed by atoms with van der Waals surface area (Å²) in [7, 11) is -3.19. The number of hydrogen-bond donors (Lipinski definition) is 1. The summed E-state index contributed by atoms with van der Waals surface area (Å²) in [6.07, 6.45) is -0.0307. The second-order valence-corrected chi connectivity index (χ2v) is 7.17. The molecule has 1 unspecified atom stereocenters. The average Bonchev–Trinajstić information content (AvgIpc) is 2.57. The van der Waals surface area contributed by atoms with E-state index >= 15 is 0 Å². The predicted octanol–water partition coefficient (Wildman–Crippen LogP) is -0.257. The molecule has 1 aliphatic heterocycles. The van der Waals surface area contributed by atoms with E-state index in [0.29, 0.717) is 0 Å². The van der Waals surface area contributed by atoms with E-state index in [1.807, 2.05) is 0 Å². The maximum absolute atomic E-state index is 11.6. The van der Waals surface area contributed by atoms with Crippen LogP contribution in [0.25, 0.3) is 0 Å². The zero-order valence-electron chi connectivity index (χ0n) is 9.92. The number of carboxylic acids is 1. The predicted molar refractivity (Wildman–Crippen MR) is 61.2 cm³/mol. The first-order chi connectivity index (χ1) is 7.74. The van der Waals surface area contributed by atoms with E-state index in [0.717, 1.165) is 0 Å². The van der Waals surface area contributed by atoms with Crippen LogP contribution in [0.3, 0.4) is 0 Å². The lowest BCUT2D eigenvalue weighted by molar-refractivity contribution is -0.141. The summed E-state index contributed by atoms with van der Waals surface area (Å²) in [4.78, 5) is 23.5. The van der Waals surface area contributed by atoms with Gasteiger partial charge in [-0.25, -0.2) is 8.42 Å². The first-order valence-electron chi connectivity index (χ1n) is 5.46. The zero-order valence-corrected chi connectivity index (χ0v) is 10.7. The van der Waals surface area contributed by atoms with Crippen molar-refractivity contribution in [3.63, 3.8) is 0 Å². The van der Waals surface area contributed by atoms with Gasteiger partial charge in [-0.05, 0) is 13.8 Å².